The Labute approximate surface area is 276 Å². The minimum absolute atomic E-state index is 1.03. The zero-order valence-corrected chi connectivity index (χ0v) is 31.2. The van der Waals surface area contributed by atoms with Gasteiger partial charge in [0.15, 0.2) is 0 Å². The first-order chi connectivity index (χ1) is 21.3. The van der Waals surface area contributed by atoms with Gasteiger partial charge in [-0.2, -0.15) is 0 Å². The van der Waals surface area contributed by atoms with Crippen molar-refractivity contribution in [1.29, 1.82) is 0 Å². The van der Waals surface area contributed by atoms with Crippen LogP contribution in [-0.2, 0) is 0 Å². The fourth-order valence-electron chi connectivity index (χ4n) is 7.33. The second kappa shape index (κ2) is 40.0. The van der Waals surface area contributed by atoms with Crippen LogP contribution in [0.3, 0.4) is 0 Å². The highest BCUT2D eigenvalue weighted by Gasteiger charge is 2.07. The standard InChI is InChI=1S/C43H88/c1-4-7-9-11-13-15-17-19-20-21-22-23-24-25-26-27-29-31-33-35-37-39-42-43(40-6-3)41-38-36-34-32-30-28-18-16-14-12-10-8-5-2/h43H,4-42H2,1-3H3. The lowest BCUT2D eigenvalue weighted by molar-refractivity contribution is 0.376. The highest BCUT2D eigenvalue weighted by Crippen LogP contribution is 2.24. The van der Waals surface area contributed by atoms with Crippen molar-refractivity contribution < 1.29 is 0 Å². The third-order valence-electron chi connectivity index (χ3n) is 10.4. The van der Waals surface area contributed by atoms with Gasteiger partial charge in [-0.1, -0.05) is 271 Å². The van der Waals surface area contributed by atoms with E-state index in [9.17, 15) is 0 Å². The summed E-state index contributed by atoms with van der Waals surface area (Å²) in [4.78, 5) is 0. The molecule has 43 heavy (non-hydrogen) atoms. The molecular formula is C43H88. The van der Waals surface area contributed by atoms with Gasteiger partial charge < -0.3 is 0 Å². The average molecular weight is 605 g/mol. The quantitative estimate of drug-likeness (QED) is 0.0612. The molecule has 1 unspecified atom stereocenters. The predicted molar refractivity (Wildman–Crippen MR) is 201 cm³/mol. The molecule has 0 fully saturated rings. The van der Waals surface area contributed by atoms with E-state index in [2.05, 4.69) is 20.8 Å². The minimum atomic E-state index is 1.03. The van der Waals surface area contributed by atoms with Crippen LogP contribution >= 0.6 is 0 Å². The van der Waals surface area contributed by atoms with Gasteiger partial charge in [0.2, 0.25) is 0 Å². The molecule has 260 valence electrons. The van der Waals surface area contributed by atoms with Crippen molar-refractivity contribution in [2.75, 3.05) is 0 Å². The zero-order valence-electron chi connectivity index (χ0n) is 31.2. The Morgan fingerprint density at radius 3 is 0.558 bits per heavy atom. The van der Waals surface area contributed by atoms with Gasteiger partial charge in [-0.25, -0.2) is 0 Å². The molecule has 0 aliphatic carbocycles. The van der Waals surface area contributed by atoms with Crippen molar-refractivity contribution in [3.63, 3.8) is 0 Å². The monoisotopic (exact) mass is 605 g/mol. The Hall–Kier alpha value is 0. The van der Waals surface area contributed by atoms with E-state index in [1.54, 1.807) is 0 Å². The van der Waals surface area contributed by atoms with E-state index in [0.29, 0.717) is 0 Å². The van der Waals surface area contributed by atoms with Gasteiger partial charge in [-0.3, -0.25) is 0 Å². The van der Waals surface area contributed by atoms with Gasteiger partial charge in [0.25, 0.3) is 0 Å². The summed E-state index contributed by atoms with van der Waals surface area (Å²) in [6, 6.07) is 0. The number of hydrogen-bond acceptors (Lipinski definition) is 0. The Kier molecular flexibility index (Phi) is 40.0. The number of hydrogen-bond donors (Lipinski definition) is 0. The van der Waals surface area contributed by atoms with Crippen molar-refractivity contribution in [1.82, 2.24) is 0 Å². The number of rotatable bonds is 39. The van der Waals surface area contributed by atoms with Crippen LogP contribution in [0.4, 0.5) is 0 Å². The lowest BCUT2D eigenvalue weighted by atomic mass is 9.90. The maximum absolute atomic E-state index is 2.40. The summed E-state index contributed by atoms with van der Waals surface area (Å²) in [5.41, 5.74) is 0. The summed E-state index contributed by atoms with van der Waals surface area (Å²) in [7, 11) is 0. The highest BCUT2D eigenvalue weighted by atomic mass is 14.1. The largest absolute Gasteiger partial charge is 0.0654 e. The fraction of sp³-hybridized carbons (Fsp3) is 1.00. The van der Waals surface area contributed by atoms with E-state index in [1.165, 1.54) is 250 Å². The predicted octanol–water partition coefficient (Wildman–Crippen LogP) is 16.9. The van der Waals surface area contributed by atoms with Crippen molar-refractivity contribution in [3.8, 4) is 0 Å². The van der Waals surface area contributed by atoms with Crippen molar-refractivity contribution >= 4 is 0 Å². The molecule has 0 nitrogen and oxygen atoms in total. The summed E-state index contributed by atoms with van der Waals surface area (Å²) in [6.07, 6.45) is 57.8. The second-order valence-electron chi connectivity index (χ2n) is 14.9. The fourth-order valence-corrected chi connectivity index (χ4v) is 7.33. The third kappa shape index (κ3) is 38.1. The summed E-state index contributed by atoms with van der Waals surface area (Å²) < 4.78 is 0. The van der Waals surface area contributed by atoms with E-state index in [1.807, 2.05) is 0 Å². The molecule has 0 aromatic rings. The van der Waals surface area contributed by atoms with Crippen LogP contribution in [0.2, 0.25) is 0 Å². The first-order valence-electron chi connectivity index (χ1n) is 21.3. The van der Waals surface area contributed by atoms with Crippen LogP contribution in [-0.4, -0.2) is 0 Å². The van der Waals surface area contributed by atoms with Crippen LogP contribution < -0.4 is 0 Å². The molecule has 1 atom stereocenters. The molecule has 0 heteroatoms. The van der Waals surface area contributed by atoms with Crippen molar-refractivity contribution in [2.45, 2.75) is 271 Å². The molecule has 0 aromatic heterocycles. The van der Waals surface area contributed by atoms with Crippen LogP contribution in [0.25, 0.3) is 0 Å². The number of unbranched alkanes of at least 4 members (excludes halogenated alkanes) is 33. The normalized spacial score (nSPS) is 12.3. The topological polar surface area (TPSA) is 0 Å². The summed E-state index contributed by atoms with van der Waals surface area (Å²) >= 11 is 0. The summed E-state index contributed by atoms with van der Waals surface area (Å²) in [5.74, 6) is 1.03. The van der Waals surface area contributed by atoms with E-state index in [0.717, 1.165) is 5.92 Å². The molecule has 0 aromatic carbocycles. The molecule has 0 aliphatic rings. The van der Waals surface area contributed by atoms with Gasteiger partial charge >= 0.3 is 0 Å². The van der Waals surface area contributed by atoms with Gasteiger partial charge in [0.1, 0.15) is 0 Å². The first kappa shape index (κ1) is 43.0. The molecule has 0 rings (SSSR count). The molecule has 0 saturated heterocycles. The Balaban J connectivity index is 3.31. The zero-order chi connectivity index (χ0) is 31.2. The van der Waals surface area contributed by atoms with E-state index in [4.69, 9.17) is 0 Å². The summed E-state index contributed by atoms with van der Waals surface area (Å²) in [5, 5.41) is 0. The molecule has 0 N–H and O–H groups in total. The lowest BCUT2D eigenvalue weighted by Crippen LogP contribution is -2.00. The van der Waals surface area contributed by atoms with Crippen LogP contribution in [0, 0.1) is 5.92 Å². The van der Waals surface area contributed by atoms with Gasteiger partial charge in [0.05, 0.1) is 0 Å². The Morgan fingerprint density at radius 2 is 0.372 bits per heavy atom. The van der Waals surface area contributed by atoms with E-state index in [-0.39, 0.29) is 0 Å². The highest BCUT2D eigenvalue weighted by molar-refractivity contribution is 4.61. The van der Waals surface area contributed by atoms with Crippen molar-refractivity contribution in [3.05, 3.63) is 0 Å². The Morgan fingerprint density at radius 1 is 0.186 bits per heavy atom. The van der Waals surface area contributed by atoms with Gasteiger partial charge in [-0.05, 0) is 5.92 Å². The SMILES string of the molecule is CCCCCCCCCCCCCCCCCCCCCCCCC(CCC)CCCCCCCCCCCCCCC. The lowest BCUT2D eigenvalue weighted by Gasteiger charge is -2.16. The molecule has 0 aliphatic heterocycles. The molecular weight excluding hydrogens is 516 g/mol. The second-order valence-corrected chi connectivity index (χ2v) is 14.9. The molecule has 0 amide bonds. The molecule has 0 bridgehead atoms. The summed E-state index contributed by atoms with van der Waals surface area (Å²) in [6.45, 7) is 7.02. The van der Waals surface area contributed by atoms with Gasteiger partial charge in [0, 0.05) is 0 Å². The molecule has 0 heterocycles. The van der Waals surface area contributed by atoms with Crippen LogP contribution in [0.15, 0.2) is 0 Å². The average Bonchev–Trinajstić information content (AvgIpc) is 3.01. The van der Waals surface area contributed by atoms with Crippen LogP contribution in [0.5, 0.6) is 0 Å². The van der Waals surface area contributed by atoms with Crippen molar-refractivity contribution in [2.24, 2.45) is 5.92 Å². The minimum Gasteiger partial charge on any atom is -0.0654 e. The maximum Gasteiger partial charge on any atom is -0.0414 e. The van der Waals surface area contributed by atoms with E-state index < -0.39 is 0 Å². The molecule has 0 saturated carbocycles. The smallest absolute Gasteiger partial charge is 0.0414 e. The van der Waals surface area contributed by atoms with Crippen LogP contribution in [0.1, 0.15) is 271 Å². The molecule has 0 spiro atoms. The third-order valence-corrected chi connectivity index (χ3v) is 10.4. The molecule has 0 radical (unpaired) electrons. The Bertz CT molecular complexity index is 453. The van der Waals surface area contributed by atoms with E-state index >= 15 is 0 Å². The van der Waals surface area contributed by atoms with Gasteiger partial charge in [-0.15, -0.1) is 0 Å². The maximum atomic E-state index is 2.40. The first-order valence-corrected chi connectivity index (χ1v) is 21.3.